The third-order valence-electron chi connectivity index (χ3n) is 6.44. The molecule has 0 unspecified atom stereocenters. The molecule has 184 valence electrons. The van der Waals surface area contributed by atoms with Crippen molar-refractivity contribution in [1.29, 1.82) is 0 Å². The number of alkyl halides is 3. The Morgan fingerprint density at radius 2 is 1.89 bits per heavy atom. The summed E-state index contributed by atoms with van der Waals surface area (Å²) in [5.41, 5.74) is -0.0207. The molecule has 0 radical (unpaired) electrons. The first-order chi connectivity index (χ1) is 16.6. The molecule has 0 fully saturated rings. The number of hydrogen-bond acceptors (Lipinski definition) is 5. The van der Waals surface area contributed by atoms with Gasteiger partial charge in [0.15, 0.2) is 5.82 Å². The van der Waals surface area contributed by atoms with Crippen LogP contribution in [0.3, 0.4) is 0 Å². The number of benzene rings is 2. The molecule has 5 rings (SSSR count). The average molecular weight is 486 g/mol. The summed E-state index contributed by atoms with van der Waals surface area (Å²) in [6.07, 6.45) is -2.83. The molecule has 1 aliphatic rings. The lowest BCUT2D eigenvalue weighted by Gasteiger charge is -2.36. The molecule has 0 saturated carbocycles. The topological polar surface area (TPSA) is 66.1 Å². The summed E-state index contributed by atoms with van der Waals surface area (Å²) in [5, 5.41) is 12.2. The number of halogens is 3. The maximum Gasteiger partial charge on any atom is 0.419 e. The predicted molar refractivity (Wildman–Crippen MR) is 127 cm³/mol. The van der Waals surface area contributed by atoms with E-state index >= 15 is 0 Å². The summed E-state index contributed by atoms with van der Waals surface area (Å²) < 4.78 is 59.2. The number of nitrogens with zero attached hydrogens (tertiary/aromatic N) is 4. The molecule has 0 spiro atoms. The molecule has 3 heterocycles. The molecule has 1 N–H and O–H groups in total. The highest BCUT2D eigenvalue weighted by atomic mass is 19.4. The Balaban J connectivity index is 1.88. The van der Waals surface area contributed by atoms with E-state index in [4.69, 9.17) is 9.47 Å². The number of methoxy groups -OCH3 is 2. The van der Waals surface area contributed by atoms with Crippen LogP contribution in [0.2, 0.25) is 0 Å². The first-order valence-corrected chi connectivity index (χ1v) is 11.2. The fourth-order valence-corrected chi connectivity index (χ4v) is 4.93. The van der Waals surface area contributed by atoms with Crippen molar-refractivity contribution >= 4 is 16.6 Å². The van der Waals surface area contributed by atoms with Gasteiger partial charge in [0, 0.05) is 42.4 Å². The summed E-state index contributed by atoms with van der Waals surface area (Å²) in [4.78, 5) is 0. The Hall–Kier alpha value is -3.53. The Kier molecular flexibility index (Phi) is 5.32. The van der Waals surface area contributed by atoms with Gasteiger partial charge in [0.05, 0.1) is 36.2 Å². The van der Waals surface area contributed by atoms with Crippen LogP contribution in [0.15, 0.2) is 36.5 Å². The van der Waals surface area contributed by atoms with E-state index in [0.29, 0.717) is 41.4 Å². The highest BCUT2D eigenvalue weighted by Gasteiger charge is 2.45. The second-order valence-electron chi connectivity index (χ2n) is 9.12. The van der Waals surface area contributed by atoms with Crippen molar-refractivity contribution in [2.75, 3.05) is 26.1 Å². The molecule has 4 aromatic rings. The van der Waals surface area contributed by atoms with Crippen LogP contribution in [-0.4, -0.2) is 40.2 Å². The van der Waals surface area contributed by atoms with Crippen LogP contribution >= 0.6 is 0 Å². The molecule has 0 bridgehead atoms. The molecule has 7 nitrogen and oxygen atoms in total. The fraction of sp³-hybridized carbons (Fsp3) is 0.360. The van der Waals surface area contributed by atoms with Crippen LogP contribution in [0.1, 0.15) is 31.1 Å². The second kappa shape index (κ2) is 8.01. The van der Waals surface area contributed by atoms with Crippen LogP contribution in [0, 0.1) is 6.92 Å². The third-order valence-corrected chi connectivity index (χ3v) is 6.44. The number of aromatic nitrogens is 4. The van der Waals surface area contributed by atoms with Crippen molar-refractivity contribution in [2.45, 2.75) is 39.0 Å². The van der Waals surface area contributed by atoms with Gasteiger partial charge in [-0.1, -0.05) is 12.1 Å². The van der Waals surface area contributed by atoms with Gasteiger partial charge in [0.2, 0.25) is 0 Å². The largest absolute Gasteiger partial charge is 0.496 e. The normalized spacial score (nSPS) is 14.5. The van der Waals surface area contributed by atoms with Crippen molar-refractivity contribution in [3.05, 3.63) is 53.7 Å². The van der Waals surface area contributed by atoms with E-state index in [1.807, 2.05) is 36.7 Å². The molecule has 10 heteroatoms. The molecule has 0 aliphatic carbocycles. The van der Waals surface area contributed by atoms with Crippen molar-refractivity contribution in [1.82, 2.24) is 19.3 Å². The Bertz CT molecular complexity index is 1440. The minimum absolute atomic E-state index is 0.0191. The zero-order valence-electron chi connectivity index (χ0n) is 20.1. The fourth-order valence-electron chi connectivity index (χ4n) is 4.93. The minimum Gasteiger partial charge on any atom is -0.496 e. The van der Waals surface area contributed by atoms with Crippen LogP contribution in [0.5, 0.6) is 5.75 Å². The minimum atomic E-state index is -4.69. The Morgan fingerprint density at radius 3 is 2.57 bits per heavy atom. The van der Waals surface area contributed by atoms with Gasteiger partial charge in [-0.05, 0) is 38.5 Å². The van der Waals surface area contributed by atoms with Gasteiger partial charge in [-0.15, -0.1) is 10.2 Å². The molecule has 0 amide bonds. The number of ether oxygens (including phenoxy) is 2. The predicted octanol–water partition coefficient (Wildman–Crippen LogP) is 5.53. The second-order valence-corrected chi connectivity index (χ2v) is 9.12. The highest BCUT2D eigenvalue weighted by molar-refractivity contribution is 6.00. The van der Waals surface area contributed by atoms with E-state index in [1.165, 1.54) is 11.7 Å². The van der Waals surface area contributed by atoms with Crippen LogP contribution in [0.4, 0.5) is 18.9 Å². The SMILES string of the molecule is COCCn1ccc2c(-c3c(OC)cc4c(c3C(F)(F)F)-n3c(C)nnc3C(C)(C)N4)cccc21. The lowest BCUT2D eigenvalue weighted by atomic mass is 9.90. The number of nitrogens with one attached hydrogen (secondary N) is 1. The Morgan fingerprint density at radius 1 is 1.11 bits per heavy atom. The lowest BCUT2D eigenvalue weighted by Crippen LogP contribution is -2.37. The van der Waals surface area contributed by atoms with E-state index in [1.54, 1.807) is 32.2 Å². The summed E-state index contributed by atoms with van der Waals surface area (Å²) in [7, 11) is 3.00. The number of aryl methyl sites for hydroxylation is 1. The van der Waals surface area contributed by atoms with E-state index in [-0.39, 0.29) is 17.0 Å². The van der Waals surface area contributed by atoms with Gasteiger partial charge >= 0.3 is 6.18 Å². The zero-order chi connectivity index (χ0) is 25.1. The van der Waals surface area contributed by atoms with E-state index in [0.717, 1.165) is 5.52 Å². The van der Waals surface area contributed by atoms with Crippen molar-refractivity contribution in [2.24, 2.45) is 0 Å². The maximum absolute atomic E-state index is 15.0. The highest BCUT2D eigenvalue weighted by Crippen LogP contribution is 2.52. The number of hydrogen-bond donors (Lipinski definition) is 1. The quantitative estimate of drug-likeness (QED) is 0.403. The summed E-state index contributed by atoms with van der Waals surface area (Å²) in [6, 6.07) is 8.80. The number of fused-ring (bicyclic) bond motifs is 4. The van der Waals surface area contributed by atoms with Crippen molar-refractivity contribution in [3.63, 3.8) is 0 Å². The Labute approximate surface area is 200 Å². The van der Waals surface area contributed by atoms with E-state index < -0.39 is 17.3 Å². The van der Waals surface area contributed by atoms with Crippen molar-refractivity contribution < 1.29 is 22.6 Å². The van der Waals surface area contributed by atoms with Crippen LogP contribution < -0.4 is 10.1 Å². The van der Waals surface area contributed by atoms with E-state index in [9.17, 15) is 13.2 Å². The van der Waals surface area contributed by atoms with Gasteiger partial charge in [0.25, 0.3) is 0 Å². The van der Waals surface area contributed by atoms with Gasteiger partial charge in [-0.25, -0.2) is 0 Å². The summed E-state index contributed by atoms with van der Waals surface area (Å²) in [6.45, 7) is 6.43. The first kappa shape index (κ1) is 23.2. The molecule has 0 atom stereocenters. The standard InChI is InChI=1S/C25H26F3N5O2/c1-14-30-31-23-24(2,3)29-17-13-19(35-5)20(21(25(26,27)28)22(17)33(14)23)16-7-6-8-18-15(16)9-10-32(18)11-12-34-4/h6-10,13,29H,11-12H2,1-5H3. The third kappa shape index (κ3) is 3.54. The van der Waals surface area contributed by atoms with Crippen LogP contribution in [0.25, 0.3) is 27.7 Å². The molecule has 2 aromatic heterocycles. The van der Waals surface area contributed by atoms with Crippen LogP contribution in [-0.2, 0) is 23.0 Å². The van der Waals surface area contributed by atoms with E-state index in [2.05, 4.69) is 15.5 Å². The molecular formula is C25H26F3N5O2. The molecule has 2 aromatic carbocycles. The molecular weight excluding hydrogens is 459 g/mol. The van der Waals surface area contributed by atoms with Gasteiger partial charge in [-0.3, -0.25) is 4.57 Å². The molecule has 0 saturated heterocycles. The monoisotopic (exact) mass is 485 g/mol. The van der Waals surface area contributed by atoms with Gasteiger partial charge in [-0.2, -0.15) is 13.2 Å². The molecule has 1 aliphatic heterocycles. The summed E-state index contributed by atoms with van der Waals surface area (Å²) in [5.74, 6) is 0.917. The first-order valence-electron chi connectivity index (χ1n) is 11.2. The van der Waals surface area contributed by atoms with Gasteiger partial charge < -0.3 is 19.4 Å². The molecule has 35 heavy (non-hydrogen) atoms. The number of anilines is 1. The number of rotatable bonds is 5. The lowest BCUT2D eigenvalue weighted by molar-refractivity contribution is -0.137. The average Bonchev–Trinajstić information content (AvgIpc) is 3.39. The smallest absolute Gasteiger partial charge is 0.419 e. The van der Waals surface area contributed by atoms with Gasteiger partial charge in [0.1, 0.15) is 11.6 Å². The maximum atomic E-state index is 15.0. The summed E-state index contributed by atoms with van der Waals surface area (Å²) >= 11 is 0. The van der Waals surface area contributed by atoms with Crippen molar-refractivity contribution in [3.8, 4) is 22.6 Å². The zero-order valence-corrected chi connectivity index (χ0v) is 20.1.